The quantitative estimate of drug-likeness (QED) is 0.341. The second-order valence-electron chi connectivity index (χ2n) is 2.11. The monoisotopic (exact) mass is 157 g/mol. The molecule has 0 bridgehead atoms. The van der Waals surface area contributed by atoms with Crippen LogP contribution >= 0.6 is 0 Å². The summed E-state index contributed by atoms with van der Waals surface area (Å²) in [4.78, 5) is 19.9. The number of carboxylic acid groups (broad SMARTS) is 1. The fourth-order valence-electron chi connectivity index (χ4n) is 0.570. The van der Waals surface area contributed by atoms with Crippen molar-refractivity contribution in [2.24, 2.45) is 5.73 Å². The molecular formula is C7H11NO3. The predicted molar refractivity (Wildman–Crippen MR) is 39.8 cm³/mol. The molecule has 0 saturated carbocycles. The van der Waals surface area contributed by atoms with E-state index in [2.05, 4.69) is 0 Å². The number of nitrogens with two attached hydrogens (primary N) is 1. The fourth-order valence-corrected chi connectivity index (χ4v) is 0.570. The molecular weight excluding hydrogens is 146 g/mol. The Bertz CT molecular complexity index is 175. The molecule has 0 unspecified atom stereocenters. The van der Waals surface area contributed by atoms with Crippen LogP contribution in [0.3, 0.4) is 0 Å². The molecule has 0 aliphatic heterocycles. The molecule has 4 heteroatoms. The number of carbonyl (C=O) groups excluding carboxylic acids is 1. The Morgan fingerprint density at radius 3 is 2.64 bits per heavy atom. The summed E-state index contributed by atoms with van der Waals surface area (Å²) >= 11 is 0. The first-order valence-corrected chi connectivity index (χ1v) is 3.29. The Morgan fingerprint density at radius 1 is 1.55 bits per heavy atom. The first-order valence-electron chi connectivity index (χ1n) is 3.29. The third-order valence-electron chi connectivity index (χ3n) is 1.11. The molecule has 0 aromatic rings. The summed E-state index contributed by atoms with van der Waals surface area (Å²) in [6, 6.07) is 0. The summed E-state index contributed by atoms with van der Waals surface area (Å²) in [7, 11) is 0. The van der Waals surface area contributed by atoms with Crippen LogP contribution in [0.5, 0.6) is 0 Å². The molecule has 0 aliphatic rings. The van der Waals surface area contributed by atoms with Crippen LogP contribution in [-0.4, -0.2) is 17.4 Å². The molecule has 0 aliphatic carbocycles. The summed E-state index contributed by atoms with van der Waals surface area (Å²) in [6.07, 6.45) is 3.24. The zero-order valence-electron chi connectivity index (χ0n) is 6.12. The maximum atomic E-state index is 9.99. The zero-order chi connectivity index (χ0) is 8.69. The highest BCUT2D eigenvalue weighted by molar-refractivity contribution is 5.71. The van der Waals surface area contributed by atoms with Gasteiger partial charge in [-0.15, -0.1) is 0 Å². The van der Waals surface area contributed by atoms with Gasteiger partial charge in [0.1, 0.15) is 0 Å². The molecule has 0 amide bonds. The zero-order valence-corrected chi connectivity index (χ0v) is 6.12. The average Bonchev–Trinajstić information content (AvgIpc) is 1.97. The Kier molecular flexibility index (Phi) is 4.81. The van der Waals surface area contributed by atoms with E-state index >= 15 is 0 Å². The van der Waals surface area contributed by atoms with Gasteiger partial charge in [0.25, 0.3) is 0 Å². The van der Waals surface area contributed by atoms with Crippen molar-refractivity contribution in [3.63, 3.8) is 0 Å². The first-order chi connectivity index (χ1) is 5.16. The van der Waals surface area contributed by atoms with Crippen LogP contribution in [0.4, 0.5) is 0 Å². The maximum Gasteiger partial charge on any atom is 0.303 e. The van der Waals surface area contributed by atoms with Gasteiger partial charge in [0, 0.05) is 6.42 Å². The molecule has 0 heterocycles. The number of unbranched alkanes of at least 4 members (excludes halogenated alkanes) is 1. The van der Waals surface area contributed by atoms with Gasteiger partial charge in [0.2, 0.25) is 0 Å². The van der Waals surface area contributed by atoms with E-state index < -0.39 is 5.97 Å². The highest BCUT2D eigenvalue weighted by Gasteiger charge is 1.94. The molecule has 62 valence electrons. The Hall–Kier alpha value is -1.32. The van der Waals surface area contributed by atoms with Crippen LogP contribution in [0, 0.1) is 0 Å². The molecule has 0 aromatic heterocycles. The Morgan fingerprint density at radius 2 is 2.18 bits per heavy atom. The van der Waals surface area contributed by atoms with Gasteiger partial charge >= 0.3 is 5.97 Å². The number of allylic oxidation sites excluding steroid dienone is 2. The van der Waals surface area contributed by atoms with Crippen molar-refractivity contribution in [3.8, 4) is 0 Å². The van der Waals surface area contributed by atoms with Gasteiger partial charge in [-0.3, -0.25) is 9.59 Å². The molecule has 11 heavy (non-hydrogen) atoms. The summed E-state index contributed by atoms with van der Waals surface area (Å²) in [5.74, 6) is -0.830. The molecule has 4 nitrogen and oxygen atoms in total. The molecule has 0 radical (unpaired) electrons. The second kappa shape index (κ2) is 5.46. The van der Waals surface area contributed by atoms with Crippen molar-refractivity contribution in [2.45, 2.75) is 19.3 Å². The number of aliphatic carboxylic acids is 1. The van der Waals surface area contributed by atoms with Gasteiger partial charge in [-0.05, 0) is 12.8 Å². The lowest BCUT2D eigenvalue weighted by atomic mass is 10.2. The van der Waals surface area contributed by atoms with Crippen LogP contribution in [0.2, 0.25) is 0 Å². The minimum Gasteiger partial charge on any atom is -0.481 e. The minimum atomic E-state index is -0.830. The molecule has 0 atom stereocenters. The summed E-state index contributed by atoms with van der Waals surface area (Å²) in [5, 5.41) is 8.21. The number of hydrogen-bond donors (Lipinski definition) is 2. The number of carboxylic acids is 1. The second-order valence-corrected chi connectivity index (χ2v) is 2.11. The highest BCUT2D eigenvalue weighted by atomic mass is 16.4. The average molecular weight is 157 g/mol. The SMILES string of the molecule is NC(C=O)=CCCCC(=O)O. The summed E-state index contributed by atoms with van der Waals surface area (Å²) in [5.41, 5.74) is 5.30. The Labute approximate surface area is 64.7 Å². The van der Waals surface area contributed by atoms with Gasteiger partial charge in [-0.1, -0.05) is 6.08 Å². The van der Waals surface area contributed by atoms with Gasteiger partial charge in [0.05, 0.1) is 5.70 Å². The van der Waals surface area contributed by atoms with Crippen molar-refractivity contribution < 1.29 is 14.7 Å². The van der Waals surface area contributed by atoms with Gasteiger partial charge in [0.15, 0.2) is 6.29 Å². The van der Waals surface area contributed by atoms with Crippen molar-refractivity contribution >= 4 is 12.3 Å². The van der Waals surface area contributed by atoms with Crippen LogP contribution in [-0.2, 0) is 9.59 Å². The van der Waals surface area contributed by atoms with E-state index in [1.165, 1.54) is 6.08 Å². The topological polar surface area (TPSA) is 80.4 Å². The van der Waals surface area contributed by atoms with Crippen molar-refractivity contribution in [3.05, 3.63) is 11.8 Å². The lowest BCUT2D eigenvalue weighted by molar-refractivity contribution is -0.137. The largest absolute Gasteiger partial charge is 0.481 e. The van der Waals surface area contributed by atoms with E-state index in [9.17, 15) is 9.59 Å². The number of rotatable bonds is 5. The molecule has 3 N–H and O–H groups in total. The highest BCUT2D eigenvalue weighted by Crippen LogP contribution is 1.96. The molecule has 0 rings (SSSR count). The van der Waals surface area contributed by atoms with Crippen molar-refractivity contribution in [1.82, 2.24) is 0 Å². The smallest absolute Gasteiger partial charge is 0.303 e. The predicted octanol–water partition coefficient (Wildman–Crippen LogP) is 0.283. The van der Waals surface area contributed by atoms with E-state index in [0.29, 0.717) is 19.1 Å². The van der Waals surface area contributed by atoms with E-state index in [1.54, 1.807) is 0 Å². The van der Waals surface area contributed by atoms with E-state index in [0.717, 1.165) is 0 Å². The van der Waals surface area contributed by atoms with Crippen molar-refractivity contribution in [2.75, 3.05) is 0 Å². The number of hydrogen-bond acceptors (Lipinski definition) is 3. The normalized spacial score (nSPS) is 11.1. The molecule has 0 saturated heterocycles. The van der Waals surface area contributed by atoms with Crippen LogP contribution in [0.25, 0.3) is 0 Å². The van der Waals surface area contributed by atoms with E-state index in [4.69, 9.17) is 10.8 Å². The van der Waals surface area contributed by atoms with Crippen LogP contribution < -0.4 is 5.73 Å². The van der Waals surface area contributed by atoms with E-state index in [-0.39, 0.29) is 12.1 Å². The molecule has 0 fully saturated rings. The first kappa shape index (κ1) is 9.68. The summed E-state index contributed by atoms with van der Waals surface area (Å²) in [6.45, 7) is 0. The van der Waals surface area contributed by atoms with Crippen LogP contribution in [0.15, 0.2) is 11.8 Å². The van der Waals surface area contributed by atoms with E-state index in [1.807, 2.05) is 0 Å². The minimum absolute atomic E-state index is 0.114. The third kappa shape index (κ3) is 6.57. The fraction of sp³-hybridized carbons (Fsp3) is 0.429. The van der Waals surface area contributed by atoms with Crippen molar-refractivity contribution in [1.29, 1.82) is 0 Å². The lowest BCUT2D eigenvalue weighted by Crippen LogP contribution is -1.98. The van der Waals surface area contributed by atoms with Gasteiger partial charge in [-0.25, -0.2) is 0 Å². The maximum absolute atomic E-state index is 9.99. The standard InChI is InChI=1S/C7H11NO3/c8-6(5-9)3-1-2-4-7(10)11/h3,5H,1-2,4,8H2,(H,10,11). The third-order valence-corrected chi connectivity index (χ3v) is 1.11. The summed E-state index contributed by atoms with van der Waals surface area (Å²) < 4.78 is 0. The van der Waals surface area contributed by atoms with Gasteiger partial charge in [-0.2, -0.15) is 0 Å². The lowest BCUT2D eigenvalue weighted by Gasteiger charge is -1.91. The Balaban J connectivity index is 3.41. The number of carbonyl (C=O) groups is 2. The number of aldehydes is 1. The molecule has 0 spiro atoms. The molecule has 0 aromatic carbocycles. The van der Waals surface area contributed by atoms with Gasteiger partial charge < -0.3 is 10.8 Å². The van der Waals surface area contributed by atoms with Crippen LogP contribution in [0.1, 0.15) is 19.3 Å².